The Morgan fingerprint density at radius 2 is 2.25 bits per heavy atom. The van der Waals surface area contributed by atoms with Gasteiger partial charge in [-0.2, -0.15) is 0 Å². The molecular weight excluding hydrogens is 274 g/mol. The zero-order valence-corrected chi connectivity index (χ0v) is 11.7. The van der Waals surface area contributed by atoms with Crippen molar-refractivity contribution in [3.8, 4) is 0 Å². The molecule has 0 spiro atoms. The van der Waals surface area contributed by atoms with E-state index >= 15 is 0 Å². The van der Waals surface area contributed by atoms with Crippen molar-refractivity contribution in [1.82, 2.24) is 19.5 Å². The zero-order valence-electron chi connectivity index (χ0n) is 10.9. The molecule has 0 saturated heterocycles. The van der Waals surface area contributed by atoms with Crippen LogP contribution in [0.5, 0.6) is 0 Å². The Morgan fingerprint density at radius 3 is 3.10 bits per heavy atom. The maximum atomic E-state index is 5.75. The molecular formula is C13H15N5OS. The van der Waals surface area contributed by atoms with Crippen molar-refractivity contribution >= 4 is 28.3 Å². The highest BCUT2D eigenvalue weighted by molar-refractivity contribution is 7.09. The Morgan fingerprint density at radius 1 is 1.30 bits per heavy atom. The first-order chi connectivity index (χ1) is 9.84. The molecule has 7 heteroatoms. The minimum atomic E-state index is 0.419. The summed E-state index contributed by atoms with van der Waals surface area (Å²) in [6, 6.07) is 4.11. The van der Waals surface area contributed by atoms with E-state index in [9.17, 15) is 0 Å². The molecule has 0 saturated carbocycles. The van der Waals surface area contributed by atoms with Crippen LogP contribution in [-0.4, -0.2) is 26.1 Å². The Balaban J connectivity index is 1.51. The van der Waals surface area contributed by atoms with Gasteiger partial charge in [-0.25, -0.2) is 15.0 Å². The third kappa shape index (κ3) is 2.78. The fraction of sp³-hybridized carbons (Fsp3) is 0.308. The smallest absolute Gasteiger partial charge is 0.165 e. The molecule has 0 amide bonds. The van der Waals surface area contributed by atoms with Crippen LogP contribution < -0.4 is 5.73 Å². The fourth-order valence-electron chi connectivity index (χ4n) is 1.97. The molecule has 6 nitrogen and oxygen atoms in total. The second-order valence-electron chi connectivity index (χ2n) is 4.35. The van der Waals surface area contributed by atoms with Crippen LogP contribution in [0.25, 0.3) is 11.2 Å². The lowest BCUT2D eigenvalue weighted by atomic mass is 10.4. The quantitative estimate of drug-likeness (QED) is 0.703. The minimum absolute atomic E-state index is 0.419. The first-order valence-corrected chi connectivity index (χ1v) is 7.24. The number of nitrogens with zero attached hydrogens (tertiary/aromatic N) is 4. The van der Waals surface area contributed by atoms with Crippen LogP contribution in [0.15, 0.2) is 30.2 Å². The Hall–Kier alpha value is -1.99. The van der Waals surface area contributed by atoms with Gasteiger partial charge in [0.1, 0.15) is 11.8 Å². The highest BCUT2D eigenvalue weighted by atomic mass is 32.1. The Labute approximate surface area is 120 Å². The maximum absolute atomic E-state index is 5.75. The topological polar surface area (TPSA) is 78.9 Å². The van der Waals surface area contributed by atoms with E-state index in [2.05, 4.69) is 26.4 Å². The summed E-state index contributed by atoms with van der Waals surface area (Å²) in [5.74, 6) is 0.419. The SMILES string of the molecule is Nc1ncnc2c1ncn2CCCOCc1cccs1. The standard InChI is InChI=1S/C13H15N5OS/c14-12-11-13(16-8-15-12)18(9-17-11)4-2-5-19-7-10-3-1-6-20-10/h1,3,6,8-9H,2,4-5,7H2,(H2,14,15,16). The van der Waals surface area contributed by atoms with E-state index in [-0.39, 0.29) is 0 Å². The third-order valence-electron chi connectivity index (χ3n) is 2.94. The molecule has 0 fully saturated rings. The third-order valence-corrected chi connectivity index (χ3v) is 3.79. The van der Waals surface area contributed by atoms with Crippen LogP contribution in [0.4, 0.5) is 5.82 Å². The van der Waals surface area contributed by atoms with Crippen LogP contribution in [0.3, 0.4) is 0 Å². The number of thiophene rings is 1. The van der Waals surface area contributed by atoms with Crippen LogP contribution in [0, 0.1) is 0 Å². The van der Waals surface area contributed by atoms with E-state index in [1.165, 1.54) is 11.2 Å². The molecule has 3 heterocycles. The lowest BCUT2D eigenvalue weighted by molar-refractivity contribution is 0.118. The molecule has 0 radical (unpaired) electrons. The van der Waals surface area contributed by atoms with Crippen molar-refractivity contribution in [2.24, 2.45) is 0 Å². The number of hydrogen-bond acceptors (Lipinski definition) is 6. The number of fused-ring (bicyclic) bond motifs is 1. The van der Waals surface area contributed by atoms with Gasteiger partial charge in [-0.15, -0.1) is 11.3 Å². The molecule has 104 valence electrons. The van der Waals surface area contributed by atoms with E-state index in [4.69, 9.17) is 10.5 Å². The molecule has 0 aliphatic heterocycles. The average molecular weight is 289 g/mol. The van der Waals surface area contributed by atoms with Gasteiger partial charge in [-0.1, -0.05) is 6.07 Å². The van der Waals surface area contributed by atoms with Crippen molar-refractivity contribution in [3.63, 3.8) is 0 Å². The van der Waals surface area contributed by atoms with Crippen molar-refractivity contribution in [2.75, 3.05) is 12.3 Å². The lowest BCUT2D eigenvalue weighted by Crippen LogP contribution is -2.03. The van der Waals surface area contributed by atoms with Crippen molar-refractivity contribution in [3.05, 3.63) is 35.0 Å². The van der Waals surface area contributed by atoms with Crippen LogP contribution >= 0.6 is 11.3 Å². The number of aryl methyl sites for hydroxylation is 1. The maximum Gasteiger partial charge on any atom is 0.165 e. The van der Waals surface area contributed by atoms with Gasteiger partial charge in [-0.3, -0.25) is 0 Å². The number of hydrogen-bond donors (Lipinski definition) is 1. The summed E-state index contributed by atoms with van der Waals surface area (Å²) >= 11 is 1.71. The Bertz CT molecular complexity index is 679. The van der Waals surface area contributed by atoms with E-state index in [1.807, 2.05) is 10.6 Å². The highest BCUT2D eigenvalue weighted by Crippen LogP contribution is 2.14. The van der Waals surface area contributed by atoms with Gasteiger partial charge in [0, 0.05) is 18.0 Å². The first kappa shape index (κ1) is 13.0. The summed E-state index contributed by atoms with van der Waals surface area (Å²) in [6.07, 6.45) is 4.11. The molecule has 3 rings (SSSR count). The van der Waals surface area contributed by atoms with Crippen molar-refractivity contribution < 1.29 is 4.74 Å². The van der Waals surface area contributed by atoms with Gasteiger partial charge >= 0.3 is 0 Å². The zero-order chi connectivity index (χ0) is 13.8. The molecule has 0 atom stereocenters. The number of rotatable bonds is 6. The van der Waals surface area contributed by atoms with E-state index in [1.54, 1.807) is 17.7 Å². The fourth-order valence-corrected chi connectivity index (χ4v) is 2.61. The number of nitrogens with two attached hydrogens (primary N) is 1. The molecule has 0 aliphatic carbocycles. The minimum Gasteiger partial charge on any atom is -0.382 e. The number of aromatic nitrogens is 4. The largest absolute Gasteiger partial charge is 0.382 e. The van der Waals surface area contributed by atoms with Crippen LogP contribution in [0.1, 0.15) is 11.3 Å². The molecule has 2 N–H and O–H groups in total. The van der Waals surface area contributed by atoms with E-state index < -0.39 is 0 Å². The summed E-state index contributed by atoms with van der Waals surface area (Å²) in [7, 11) is 0. The number of ether oxygens (including phenoxy) is 1. The van der Waals surface area contributed by atoms with E-state index in [0.717, 1.165) is 18.6 Å². The van der Waals surface area contributed by atoms with Crippen molar-refractivity contribution in [1.29, 1.82) is 0 Å². The second kappa shape index (κ2) is 5.98. The molecule has 0 aromatic carbocycles. The van der Waals surface area contributed by atoms with Crippen molar-refractivity contribution in [2.45, 2.75) is 19.6 Å². The normalized spacial score (nSPS) is 11.2. The highest BCUT2D eigenvalue weighted by Gasteiger charge is 2.07. The summed E-state index contributed by atoms with van der Waals surface area (Å²) in [6.45, 7) is 2.19. The number of anilines is 1. The molecule has 3 aromatic heterocycles. The predicted octanol–water partition coefficient (Wildman–Crippen LogP) is 2.08. The molecule has 0 aliphatic rings. The lowest BCUT2D eigenvalue weighted by Gasteiger charge is -2.04. The molecule has 20 heavy (non-hydrogen) atoms. The Kier molecular flexibility index (Phi) is 3.89. The summed E-state index contributed by atoms with van der Waals surface area (Å²) in [5.41, 5.74) is 7.18. The monoisotopic (exact) mass is 289 g/mol. The van der Waals surface area contributed by atoms with Gasteiger partial charge in [0.2, 0.25) is 0 Å². The van der Waals surface area contributed by atoms with E-state index in [0.29, 0.717) is 24.5 Å². The van der Waals surface area contributed by atoms with Gasteiger partial charge < -0.3 is 15.0 Å². The molecule has 3 aromatic rings. The molecule has 0 bridgehead atoms. The second-order valence-corrected chi connectivity index (χ2v) is 5.39. The van der Waals surface area contributed by atoms with Gasteiger partial charge in [-0.05, 0) is 17.9 Å². The predicted molar refractivity (Wildman–Crippen MR) is 78.3 cm³/mol. The summed E-state index contributed by atoms with van der Waals surface area (Å²) < 4.78 is 7.61. The number of nitrogen functional groups attached to an aromatic ring is 1. The average Bonchev–Trinajstić information content (AvgIpc) is 3.09. The van der Waals surface area contributed by atoms with Gasteiger partial charge in [0.05, 0.1) is 12.9 Å². The first-order valence-electron chi connectivity index (χ1n) is 6.36. The summed E-state index contributed by atoms with van der Waals surface area (Å²) in [5, 5.41) is 2.06. The van der Waals surface area contributed by atoms with Crippen LogP contribution in [-0.2, 0) is 17.9 Å². The van der Waals surface area contributed by atoms with Crippen LogP contribution in [0.2, 0.25) is 0 Å². The van der Waals surface area contributed by atoms with Gasteiger partial charge in [0.25, 0.3) is 0 Å². The van der Waals surface area contributed by atoms with Gasteiger partial charge in [0.15, 0.2) is 11.5 Å². The summed E-state index contributed by atoms with van der Waals surface area (Å²) in [4.78, 5) is 13.6. The molecule has 0 unspecified atom stereocenters. The number of imidazole rings is 1.